The van der Waals surface area contributed by atoms with E-state index in [4.69, 9.17) is 16.6 Å². The van der Waals surface area contributed by atoms with Crippen molar-refractivity contribution in [2.24, 2.45) is 5.73 Å². The molecule has 0 saturated heterocycles. The number of alkyl halides is 2. The second-order valence-electron chi connectivity index (χ2n) is 3.40. The molecule has 1 rings (SSSR count). The Morgan fingerprint density at radius 3 is 2.76 bits per heavy atom. The zero-order chi connectivity index (χ0) is 13.1. The van der Waals surface area contributed by atoms with E-state index in [-0.39, 0.29) is 17.1 Å². The van der Waals surface area contributed by atoms with Gasteiger partial charge in [-0.05, 0) is 6.07 Å². The van der Waals surface area contributed by atoms with Gasteiger partial charge in [0.05, 0.1) is 24.0 Å². The molecule has 17 heavy (non-hydrogen) atoms. The first-order valence-electron chi connectivity index (χ1n) is 4.63. The molecule has 0 unspecified atom stereocenters. The van der Waals surface area contributed by atoms with Crippen molar-refractivity contribution in [1.82, 2.24) is 4.98 Å². The summed E-state index contributed by atoms with van der Waals surface area (Å²) in [5, 5.41) is 10.6. The smallest absolute Gasteiger partial charge is 0.287 e. The number of nitrogens with zero attached hydrogens (tertiary/aromatic N) is 1. The van der Waals surface area contributed by atoms with Gasteiger partial charge in [0, 0.05) is 0 Å². The van der Waals surface area contributed by atoms with Crippen LogP contribution in [0.5, 0.6) is 0 Å². The molecule has 0 radical (unpaired) electrons. The Balaban J connectivity index is 2.88. The number of nitrogens with one attached hydrogen (secondary N) is 1. The van der Waals surface area contributed by atoms with Crippen LogP contribution in [-0.4, -0.2) is 35.1 Å². The van der Waals surface area contributed by atoms with Gasteiger partial charge < -0.3 is 21.9 Å². The van der Waals surface area contributed by atoms with E-state index in [2.05, 4.69) is 10.3 Å². The number of aliphatic hydroxyl groups is 1. The van der Waals surface area contributed by atoms with E-state index >= 15 is 0 Å². The summed E-state index contributed by atoms with van der Waals surface area (Å²) in [5.74, 6) is -4.24. The average molecular weight is 246 g/mol. The largest absolute Gasteiger partial charge is 0.397 e. The summed E-state index contributed by atoms with van der Waals surface area (Å²) in [7, 11) is 0. The van der Waals surface area contributed by atoms with E-state index in [0.29, 0.717) is 0 Å². The Morgan fingerprint density at radius 2 is 2.24 bits per heavy atom. The van der Waals surface area contributed by atoms with Gasteiger partial charge in [0.25, 0.3) is 11.8 Å². The lowest BCUT2D eigenvalue weighted by molar-refractivity contribution is -0.0373. The number of primary amides is 1. The molecule has 1 amide bonds. The number of nitrogen functional groups attached to an aromatic ring is 1. The van der Waals surface area contributed by atoms with Crippen LogP contribution in [0.15, 0.2) is 12.3 Å². The molecule has 8 heteroatoms. The summed E-state index contributed by atoms with van der Waals surface area (Å²) >= 11 is 0. The quantitative estimate of drug-likeness (QED) is 0.574. The summed E-state index contributed by atoms with van der Waals surface area (Å²) in [6.07, 6.45) is 1.20. The monoisotopic (exact) mass is 246 g/mol. The Bertz CT molecular complexity index is 425. The Hall–Kier alpha value is -1.96. The molecule has 6 N–H and O–H groups in total. The lowest BCUT2D eigenvalue weighted by atomic mass is 10.2. The standard InChI is InChI=1S/C9H12F2N4O2/c10-9(11,4-16)3-15-8-6(7(13)17)1-5(12)2-14-8/h1-2,16H,3-4,12H2,(H2,13,17)(H,14,15). The molecule has 0 aromatic carbocycles. The van der Waals surface area contributed by atoms with E-state index < -0.39 is 25.0 Å². The van der Waals surface area contributed by atoms with Crippen LogP contribution in [0.4, 0.5) is 20.3 Å². The third kappa shape index (κ3) is 3.52. The minimum atomic E-state index is -3.31. The second kappa shape index (κ2) is 4.91. The highest BCUT2D eigenvalue weighted by molar-refractivity contribution is 5.98. The lowest BCUT2D eigenvalue weighted by Gasteiger charge is -2.15. The van der Waals surface area contributed by atoms with E-state index in [1.165, 1.54) is 12.3 Å². The number of aromatic nitrogens is 1. The first kappa shape index (κ1) is 13.1. The second-order valence-corrected chi connectivity index (χ2v) is 3.40. The molecule has 1 heterocycles. The first-order chi connectivity index (χ1) is 7.85. The molecule has 0 spiro atoms. The summed E-state index contributed by atoms with van der Waals surface area (Å²) in [6.45, 7) is -2.17. The van der Waals surface area contributed by atoms with Gasteiger partial charge in [-0.15, -0.1) is 0 Å². The van der Waals surface area contributed by atoms with Gasteiger partial charge in [-0.25, -0.2) is 13.8 Å². The fraction of sp³-hybridized carbons (Fsp3) is 0.333. The maximum absolute atomic E-state index is 12.8. The first-order valence-corrected chi connectivity index (χ1v) is 4.63. The van der Waals surface area contributed by atoms with Crippen molar-refractivity contribution in [3.63, 3.8) is 0 Å². The predicted octanol–water partition coefficient (Wildman–Crippen LogP) is -0.198. The SMILES string of the molecule is NC(=O)c1cc(N)cnc1NCC(F)(F)CO. The van der Waals surface area contributed by atoms with Crippen LogP contribution in [-0.2, 0) is 0 Å². The number of amides is 1. The topological polar surface area (TPSA) is 114 Å². The maximum atomic E-state index is 12.8. The van der Waals surface area contributed by atoms with Gasteiger partial charge in [-0.1, -0.05) is 0 Å². The fourth-order valence-corrected chi connectivity index (χ4v) is 1.08. The van der Waals surface area contributed by atoms with Gasteiger partial charge in [0.15, 0.2) is 0 Å². The average Bonchev–Trinajstić information content (AvgIpc) is 2.27. The normalized spacial score (nSPS) is 11.2. The van der Waals surface area contributed by atoms with Crippen molar-refractivity contribution in [2.75, 3.05) is 24.2 Å². The van der Waals surface area contributed by atoms with E-state index in [9.17, 15) is 13.6 Å². The number of aliphatic hydroxyl groups excluding tert-OH is 1. The zero-order valence-electron chi connectivity index (χ0n) is 8.78. The summed E-state index contributed by atoms with van der Waals surface area (Å²) in [5.41, 5.74) is 10.5. The number of carbonyl (C=O) groups is 1. The van der Waals surface area contributed by atoms with Crippen LogP contribution >= 0.6 is 0 Å². The molecule has 0 fully saturated rings. The summed E-state index contributed by atoms with van der Waals surface area (Å²) < 4.78 is 25.5. The molecule has 6 nitrogen and oxygen atoms in total. The van der Waals surface area contributed by atoms with E-state index in [1.807, 2.05) is 0 Å². The Labute approximate surface area is 95.6 Å². The van der Waals surface area contributed by atoms with Gasteiger partial charge in [-0.2, -0.15) is 0 Å². The summed E-state index contributed by atoms with van der Waals surface area (Å²) in [6, 6.07) is 1.23. The van der Waals surface area contributed by atoms with Gasteiger partial charge >= 0.3 is 0 Å². The highest BCUT2D eigenvalue weighted by atomic mass is 19.3. The van der Waals surface area contributed by atoms with Crippen LogP contribution in [0.1, 0.15) is 10.4 Å². The van der Waals surface area contributed by atoms with Crippen molar-refractivity contribution in [3.05, 3.63) is 17.8 Å². The number of anilines is 2. The van der Waals surface area contributed by atoms with Crippen LogP contribution in [0.3, 0.4) is 0 Å². The predicted molar refractivity (Wildman–Crippen MR) is 57.7 cm³/mol. The van der Waals surface area contributed by atoms with Crippen LogP contribution in [0, 0.1) is 0 Å². The fourth-order valence-electron chi connectivity index (χ4n) is 1.08. The van der Waals surface area contributed by atoms with Crippen LogP contribution < -0.4 is 16.8 Å². The third-order valence-corrected chi connectivity index (χ3v) is 1.92. The number of nitrogens with two attached hydrogens (primary N) is 2. The molecule has 0 atom stereocenters. The van der Waals surface area contributed by atoms with Crippen molar-refractivity contribution in [1.29, 1.82) is 0 Å². The van der Waals surface area contributed by atoms with Crippen LogP contribution in [0.25, 0.3) is 0 Å². The Morgan fingerprint density at radius 1 is 1.59 bits per heavy atom. The number of halogens is 2. The number of pyridine rings is 1. The molecule has 1 aromatic heterocycles. The van der Waals surface area contributed by atoms with Crippen molar-refractivity contribution in [2.45, 2.75) is 5.92 Å². The number of hydrogen-bond donors (Lipinski definition) is 4. The molecule has 0 saturated carbocycles. The van der Waals surface area contributed by atoms with Crippen molar-refractivity contribution >= 4 is 17.4 Å². The number of carbonyl (C=O) groups excluding carboxylic acids is 1. The highest BCUT2D eigenvalue weighted by Gasteiger charge is 2.28. The zero-order valence-corrected chi connectivity index (χ0v) is 8.78. The minimum absolute atomic E-state index is 0.0845. The molecule has 0 aliphatic carbocycles. The van der Waals surface area contributed by atoms with Crippen LogP contribution in [0.2, 0.25) is 0 Å². The molecular weight excluding hydrogens is 234 g/mol. The maximum Gasteiger partial charge on any atom is 0.287 e. The molecule has 0 aliphatic heterocycles. The van der Waals surface area contributed by atoms with Crippen molar-refractivity contribution < 1.29 is 18.7 Å². The van der Waals surface area contributed by atoms with Gasteiger partial charge in [-0.3, -0.25) is 4.79 Å². The third-order valence-electron chi connectivity index (χ3n) is 1.92. The summed E-state index contributed by atoms with van der Waals surface area (Å²) in [4.78, 5) is 14.7. The van der Waals surface area contributed by atoms with Crippen molar-refractivity contribution in [3.8, 4) is 0 Å². The number of rotatable bonds is 5. The number of hydrogen-bond acceptors (Lipinski definition) is 5. The van der Waals surface area contributed by atoms with E-state index in [1.54, 1.807) is 0 Å². The molecule has 94 valence electrons. The highest BCUT2D eigenvalue weighted by Crippen LogP contribution is 2.18. The van der Waals surface area contributed by atoms with Gasteiger partial charge in [0.1, 0.15) is 12.4 Å². The molecule has 0 bridgehead atoms. The molecular formula is C9H12F2N4O2. The van der Waals surface area contributed by atoms with Gasteiger partial charge in [0.2, 0.25) is 0 Å². The minimum Gasteiger partial charge on any atom is -0.397 e. The molecule has 0 aliphatic rings. The van der Waals surface area contributed by atoms with E-state index in [0.717, 1.165) is 0 Å². The Kier molecular flexibility index (Phi) is 3.79. The molecule has 1 aromatic rings. The lowest BCUT2D eigenvalue weighted by Crippen LogP contribution is -2.32.